The quantitative estimate of drug-likeness (QED) is 0.500. The number of anilines is 1. The van der Waals surface area contributed by atoms with Gasteiger partial charge in [-0.3, -0.25) is 0 Å². The van der Waals surface area contributed by atoms with Crippen molar-refractivity contribution in [1.29, 1.82) is 0 Å². The summed E-state index contributed by atoms with van der Waals surface area (Å²) in [6.07, 6.45) is -5.97. The summed E-state index contributed by atoms with van der Waals surface area (Å²) in [7, 11) is 0. The number of alkyl halides is 6. The number of hydrogen-bond acceptors (Lipinski definition) is 7. The van der Waals surface area contributed by atoms with Gasteiger partial charge in [0, 0.05) is 12.4 Å². The van der Waals surface area contributed by atoms with Gasteiger partial charge in [0.25, 0.3) is 11.7 Å². The van der Waals surface area contributed by atoms with E-state index < -0.39 is 40.9 Å². The molecule has 0 aromatic carbocycles. The van der Waals surface area contributed by atoms with Crippen LogP contribution in [0, 0.1) is 0 Å². The van der Waals surface area contributed by atoms with Gasteiger partial charge >= 0.3 is 12.4 Å². The fourth-order valence-electron chi connectivity index (χ4n) is 2.52. The fraction of sp³-hybridized carbons (Fsp3) is 0.143. The van der Waals surface area contributed by atoms with Gasteiger partial charge in [0.05, 0.1) is 18.0 Å². The van der Waals surface area contributed by atoms with Crippen molar-refractivity contribution in [3.05, 3.63) is 42.2 Å². The molecule has 0 bridgehead atoms. The van der Waals surface area contributed by atoms with Gasteiger partial charge in [-0.1, -0.05) is 0 Å². The van der Waals surface area contributed by atoms with E-state index in [1.165, 1.54) is 18.5 Å². The zero-order valence-electron chi connectivity index (χ0n) is 13.8. The molecule has 15 heteroatoms. The Kier molecular flexibility index (Phi) is 3.92. The van der Waals surface area contributed by atoms with E-state index in [1.54, 1.807) is 0 Å². The van der Waals surface area contributed by atoms with Gasteiger partial charge in [-0.25, -0.2) is 19.9 Å². The third kappa shape index (κ3) is 3.09. The lowest BCUT2D eigenvalue weighted by Gasteiger charge is -2.07. The van der Waals surface area contributed by atoms with Crippen LogP contribution in [-0.2, 0) is 12.4 Å². The first kappa shape index (κ1) is 18.6. The average Bonchev–Trinajstić information content (AvgIpc) is 3.21. The topological polar surface area (TPSA) is 113 Å². The molecule has 150 valence electrons. The van der Waals surface area contributed by atoms with Crippen LogP contribution in [0.4, 0.5) is 32.2 Å². The first-order chi connectivity index (χ1) is 13.6. The van der Waals surface area contributed by atoms with Crippen molar-refractivity contribution in [2.75, 3.05) is 5.73 Å². The van der Waals surface area contributed by atoms with E-state index in [-0.39, 0.29) is 11.6 Å². The van der Waals surface area contributed by atoms with Crippen LogP contribution in [0.5, 0.6) is 0 Å². The van der Waals surface area contributed by atoms with Crippen LogP contribution in [0.3, 0.4) is 0 Å². The summed E-state index contributed by atoms with van der Waals surface area (Å²) >= 11 is 0. The molecule has 0 aliphatic carbocycles. The molecule has 0 radical (unpaired) electrons. The highest BCUT2D eigenvalue weighted by Crippen LogP contribution is 2.40. The second-order valence-corrected chi connectivity index (χ2v) is 5.56. The lowest BCUT2D eigenvalue weighted by molar-refractivity contribution is -0.141. The highest BCUT2D eigenvalue weighted by atomic mass is 19.4. The van der Waals surface area contributed by atoms with Gasteiger partial charge in [-0.05, 0) is 6.07 Å². The predicted molar refractivity (Wildman–Crippen MR) is 83.3 cm³/mol. The molecule has 4 aromatic rings. The first-order valence-corrected chi connectivity index (χ1v) is 7.59. The third-order valence-corrected chi connectivity index (χ3v) is 3.71. The highest BCUT2D eigenvalue weighted by molar-refractivity contribution is 5.76. The lowest BCUT2D eigenvalue weighted by Crippen LogP contribution is -2.12. The number of imidazole rings is 1. The molecule has 0 atom stereocenters. The molecule has 0 amide bonds. The highest BCUT2D eigenvalue weighted by Gasteiger charge is 2.41. The Morgan fingerprint density at radius 2 is 1.59 bits per heavy atom. The van der Waals surface area contributed by atoms with Crippen molar-refractivity contribution in [3.8, 4) is 17.2 Å². The maximum Gasteiger partial charge on any atom is 0.435 e. The second-order valence-electron chi connectivity index (χ2n) is 5.56. The molecule has 0 aliphatic heterocycles. The molecule has 4 aromatic heterocycles. The molecule has 2 N–H and O–H groups in total. The summed E-state index contributed by atoms with van der Waals surface area (Å²) in [6, 6.07) is 1.44. The minimum atomic E-state index is -4.95. The van der Waals surface area contributed by atoms with Gasteiger partial charge in [0.15, 0.2) is 11.4 Å². The van der Waals surface area contributed by atoms with Crippen LogP contribution in [0.15, 0.2) is 30.9 Å². The molecule has 0 saturated heterocycles. The molecule has 4 heterocycles. The van der Waals surface area contributed by atoms with Crippen LogP contribution in [0.25, 0.3) is 23.0 Å². The molecule has 9 nitrogen and oxygen atoms in total. The summed E-state index contributed by atoms with van der Waals surface area (Å²) < 4.78 is 80.5. The van der Waals surface area contributed by atoms with Gasteiger partial charge in [-0.2, -0.15) is 45.7 Å². The Labute approximate surface area is 155 Å². The van der Waals surface area contributed by atoms with Crippen molar-refractivity contribution in [1.82, 2.24) is 39.3 Å². The molecule has 29 heavy (non-hydrogen) atoms. The van der Waals surface area contributed by atoms with Crippen molar-refractivity contribution in [3.63, 3.8) is 0 Å². The smallest absolute Gasteiger partial charge is 0.383 e. The van der Waals surface area contributed by atoms with Gasteiger partial charge in [0.1, 0.15) is 11.5 Å². The van der Waals surface area contributed by atoms with E-state index in [1.807, 2.05) is 0 Å². The van der Waals surface area contributed by atoms with Gasteiger partial charge in [-0.15, -0.1) is 0 Å². The summed E-state index contributed by atoms with van der Waals surface area (Å²) in [5.74, 6) is -1.31. The molecule has 4 rings (SSSR count). The number of nitrogens with two attached hydrogens (primary N) is 1. The number of halogens is 6. The van der Waals surface area contributed by atoms with Gasteiger partial charge < -0.3 is 5.73 Å². The van der Waals surface area contributed by atoms with Crippen molar-refractivity contribution < 1.29 is 26.3 Å². The standard InChI is InChI=1S/C14H7F6N9/c15-13(16,17)7-5-25-28-6(4-24-12(28)26-7)8-9(14(18,19)20)27-29(10(8)21)11-22-2-1-3-23-11/h1-5H,21H2. The summed E-state index contributed by atoms with van der Waals surface area (Å²) in [4.78, 5) is 14.5. The van der Waals surface area contributed by atoms with Crippen molar-refractivity contribution >= 4 is 11.6 Å². The minimum absolute atomic E-state index is 0.235. The molecule has 0 fully saturated rings. The number of fused-ring (bicyclic) bond motifs is 1. The minimum Gasteiger partial charge on any atom is -0.383 e. The van der Waals surface area contributed by atoms with E-state index >= 15 is 0 Å². The van der Waals surface area contributed by atoms with E-state index in [9.17, 15) is 26.3 Å². The number of rotatable bonds is 2. The lowest BCUT2D eigenvalue weighted by atomic mass is 10.1. The monoisotopic (exact) mass is 415 g/mol. The zero-order chi connectivity index (χ0) is 21.0. The van der Waals surface area contributed by atoms with Crippen LogP contribution in [-0.4, -0.2) is 39.3 Å². The largest absolute Gasteiger partial charge is 0.435 e. The maximum absolute atomic E-state index is 13.6. The Bertz CT molecular complexity index is 1190. The molecule has 0 saturated carbocycles. The normalized spacial score (nSPS) is 12.6. The Morgan fingerprint density at radius 3 is 2.21 bits per heavy atom. The van der Waals surface area contributed by atoms with E-state index in [4.69, 9.17) is 5.73 Å². The first-order valence-electron chi connectivity index (χ1n) is 7.59. The summed E-state index contributed by atoms with van der Waals surface area (Å²) in [5, 5.41) is 6.95. The Morgan fingerprint density at radius 1 is 0.897 bits per heavy atom. The number of aromatic nitrogens is 8. The summed E-state index contributed by atoms with van der Waals surface area (Å²) in [5.41, 5.74) is 2.11. The van der Waals surface area contributed by atoms with Crippen LogP contribution in [0.2, 0.25) is 0 Å². The molecular weight excluding hydrogens is 408 g/mol. The average molecular weight is 415 g/mol. The zero-order valence-corrected chi connectivity index (χ0v) is 13.8. The second kappa shape index (κ2) is 6.11. The molecule has 0 spiro atoms. The number of nitrogen functional groups attached to an aromatic ring is 1. The SMILES string of the molecule is Nc1c(-c2cnc3nc(C(F)(F)F)cnn23)c(C(F)(F)F)nn1-c1ncccn1. The molecule has 0 unspecified atom stereocenters. The van der Waals surface area contributed by atoms with E-state index in [2.05, 4.69) is 30.1 Å². The molecule has 0 aliphatic rings. The Hall–Kier alpha value is -3.78. The van der Waals surface area contributed by atoms with Crippen LogP contribution < -0.4 is 5.73 Å². The third-order valence-electron chi connectivity index (χ3n) is 3.71. The fourth-order valence-corrected chi connectivity index (χ4v) is 2.52. The van der Waals surface area contributed by atoms with E-state index in [0.29, 0.717) is 15.4 Å². The van der Waals surface area contributed by atoms with Crippen molar-refractivity contribution in [2.24, 2.45) is 0 Å². The van der Waals surface area contributed by atoms with Crippen LogP contribution in [0.1, 0.15) is 11.4 Å². The number of nitrogens with zero attached hydrogens (tertiary/aromatic N) is 8. The predicted octanol–water partition coefficient (Wildman–Crippen LogP) is 2.39. The molecular formula is C14H7F6N9. The van der Waals surface area contributed by atoms with Crippen molar-refractivity contribution in [2.45, 2.75) is 12.4 Å². The number of hydrogen-bond donors (Lipinski definition) is 1. The maximum atomic E-state index is 13.6. The van der Waals surface area contributed by atoms with Gasteiger partial charge in [0.2, 0.25) is 0 Å². The van der Waals surface area contributed by atoms with Crippen LogP contribution >= 0.6 is 0 Å². The Balaban J connectivity index is 1.96. The van der Waals surface area contributed by atoms with E-state index in [0.717, 1.165) is 6.20 Å². The summed E-state index contributed by atoms with van der Waals surface area (Å²) in [6.45, 7) is 0.